The molecule has 15 heteroatoms. The molecule has 1 aliphatic rings. The summed E-state index contributed by atoms with van der Waals surface area (Å²) in [4.78, 5) is 42.5. The SMILES string of the molecule is Cc1noc(C)c1NC(=O)Nc1cccc2c1O[C@H](CN(C)C(=O)Nc1ccc(C(F)(F)F)cc1)[C@H](C)CN([C@H](C)CO)C2=O. The number of amides is 5. The minimum atomic E-state index is -4.51. The summed E-state index contributed by atoms with van der Waals surface area (Å²) in [6.07, 6.45) is -5.23. The average Bonchev–Trinajstić information content (AvgIpc) is 3.30. The largest absolute Gasteiger partial charge is 0.485 e. The summed E-state index contributed by atoms with van der Waals surface area (Å²) in [6.45, 7) is 6.71. The molecule has 0 radical (unpaired) electrons. The first-order valence-corrected chi connectivity index (χ1v) is 14.1. The monoisotopic (exact) mass is 632 g/mol. The molecule has 2 aromatic carbocycles. The molecule has 0 bridgehead atoms. The molecule has 3 atom stereocenters. The number of urea groups is 2. The van der Waals surface area contributed by atoms with Crippen LogP contribution in [0.4, 0.5) is 39.8 Å². The molecule has 1 aromatic heterocycles. The minimum absolute atomic E-state index is 0.00220. The molecule has 0 aliphatic carbocycles. The van der Waals surface area contributed by atoms with E-state index in [1.165, 1.54) is 16.8 Å². The van der Waals surface area contributed by atoms with Gasteiger partial charge in [0.05, 0.1) is 36.0 Å². The number of hydrogen-bond donors (Lipinski definition) is 4. The van der Waals surface area contributed by atoms with Gasteiger partial charge in [0.2, 0.25) is 0 Å². The van der Waals surface area contributed by atoms with E-state index in [2.05, 4.69) is 21.1 Å². The molecule has 0 spiro atoms. The van der Waals surface area contributed by atoms with Gasteiger partial charge < -0.3 is 40.1 Å². The number of alkyl halides is 3. The molecule has 4 N–H and O–H groups in total. The van der Waals surface area contributed by atoms with Gasteiger partial charge in [-0.15, -0.1) is 0 Å². The number of anilines is 3. The first-order chi connectivity index (χ1) is 21.2. The summed E-state index contributed by atoms with van der Waals surface area (Å²) in [5.41, 5.74) is 0.499. The van der Waals surface area contributed by atoms with Gasteiger partial charge in [-0.25, -0.2) is 9.59 Å². The second kappa shape index (κ2) is 13.5. The summed E-state index contributed by atoms with van der Waals surface area (Å²) in [7, 11) is 1.50. The number of rotatable bonds is 7. The lowest BCUT2D eigenvalue weighted by atomic mass is 9.99. The molecule has 0 fully saturated rings. The highest BCUT2D eigenvalue weighted by Gasteiger charge is 2.35. The summed E-state index contributed by atoms with van der Waals surface area (Å²) < 4.78 is 50.3. The number of halogens is 3. The topological polar surface area (TPSA) is 149 Å². The molecular formula is C30H35F3N6O6. The van der Waals surface area contributed by atoms with E-state index in [4.69, 9.17) is 9.26 Å². The average molecular weight is 633 g/mol. The molecule has 3 aromatic rings. The number of likely N-dealkylation sites (N-methyl/N-ethyl adjacent to an activating group) is 1. The number of fused-ring (bicyclic) bond motifs is 1. The minimum Gasteiger partial charge on any atom is -0.485 e. The van der Waals surface area contributed by atoms with E-state index in [0.29, 0.717) is 17.1 Å². The smallest absolute Gasteiger partial charge is 0.416 e. The van der Waals surface area contributed by atoms with Gasteiger partial charge in [-0.2, -0.15) is 13.2 Å². The van der Waals surface area contributed by atoms with Gasteiger partial charge in [0.25, 0.3) is 5.91 Å². The van der Waals surface area contributed by atoms with Gasteiger partial charge in [-0.3, -0.25) is 4.79 Å². The van der Waals surface area contributed by atoms with Gasteiger partial charge >= 0.3 is 18.2 Å². The van der Waals surface area contributed by atoms with Crippen molar-refractivity contribution in [3.05, 3.63) is 65.0 Å². The number of nitrogens with one attached hydrogen (secondary N) is 3. The van der Waals surface area contributed by atoms with E-state index < -0.39 is 41.9 Å². The number of carbonyl (C=O) groups excluding carboxylic acids is 3. The Morgan fingerprint density at radius 3 is 2.42 bits per heavy atom. The lowest BCUT2D eigenvalue weighted by Crippen LogP contribution is -2.50. The highest BCUT2D eigenvalue weighted by molar-refractivity contribution is 6.04. The third-order valence-electron chi connectivity index (χ3n) is 7.48. The predicted molar refractivity (Wildman–Crippen MR) is 159 cm³/mol. The van der Waals surface area contributed by atoms with Crippen molar-refractivity contribution < 1.29 is 41.9 Å². The zero-order valence-corrected chi connectivity index (χ0v) is 25.4. The molecule has 12 nitrogen and oxygen atoms in total. The predicted octanol–water partition coefficient (Wildman–Crippen LogP) is 5.34. The van der Waals surface area contributed by atoms with Gasteiger partial charge in [-0.05, 0) is 57.2 Å². The number of aryl methyl sites for hydroxylation is 2. The van der Waals surface area contributed by atoms with Gasteiger partial charge in [0, 0.05) is 25.2 Å². The molecule has 5 amide bonds. The van der Waals surface area contributed by atoms with Crippen LogP contribution >= 0.6 is 0 Å². The van der Waals surface area contributed by atoms with Gasteiger partial charge in [0.15, 0.2) is 11.5 Å². The normalized spacial score (nSPS) is 17.4. The second-order valence-electron chi connectivity index (χ2n) is 11.0. The van der Waals surface area contributed by atoms with Crippen LogP contribution in [0, 0.1) is 19.8 Å². The Labute approximate surface area is 257 Å². The van der Waals surface area contributed by atoms with Crippen LogP contribution in [0.2, 0.25) is 0 Å². The Kier molecular flexibility index (Phi) is 9.91. The Bertz CT molecular complexity index is 1520. The fourth-order valence-electron chi connectivity index (χ4n) is 4.80. The van der Waals surface area contributed by atoms with Crippen molar-refractivity contribution in [2.45, 2.75) is 46.0 Å². The number of aliphatic hydroxyl groups is 1. The molecule has 0 unspecified atom stereocenters. The van der Waals surface area contributed by atoms with Crippen molar-refractivity contribution in [3.8, 4) is 5.75 Å². The van der Waals surface area contributed by atoms with Crippen molar-refractivity contribution >= 4 is 35.0 Å². The number of hydrogen-bond acceptors (Lipinski definition) is 7. The van der Waals surface area contributed by atoms with Crippen molar-refractivity contribution in [3.63, 3.8) is 0 Å². The van der Waals surface area contributed by atoms with E-state index in [1.54, 1.807) is 39.0 Å². The maximum atomic E-state index is 13.7. The van der Waals surface area contributed by atoms with E-state index in [0.717, 1.165) is 24.3 Å². The van der Waals surface area contributed by atoms with Crippen LogP contribution < -0.4 is 20.7 Å². The van der Waals surface area contributed by atoms with Crippen LogP contribution in [-0.2, 0) is 6.18 Å². The van der Waals surface area contributed by atoms with Crippen LogP contribution in [0.3, 0.4) is 0 Å². The van der Waals surface area contributed by atoms with Gasteiger partial charge in [0.1, 0.15) is 17.5 Å². The van der Waals surface area contributed by atoms with Crippen molar-refractivity contribution in [2.24, 2.45) is 5.92 Å². The summed E-state index contributed by atoms with van der Waals surface area (Å²) >= 11 is 0. The zero-order valence-electron chi connectivity index (χ0n) is 25.4. The van der Waals surface area contributed by atoms with Crippen LogP contribution in [0.5, 0.6) is 5.75 Å². The highest BCUT2D eigenvalue weighted by Crippen LogP contribution is 2.35. The zero-order chi connectivity index (χ0) is 33.1. The lowest BCUT2D eigenvalue weighted by molar-refractivity contribution is -0.137. The van der Waals surface area contributed by atoms with E-state index >= 15 is 0 Å². The maximum absolute atomic E-state index is 13.7. The molecule has 0 saturated carbocycles. The Hall–Kier alpha value is -4.79. The van der Waals surface area contributed by atoms with Crippen LogP contribution in [0.1, 0.15) is 41.2 Å². The van der Waals surface area contributed by atoms with Crippen LogP contribution in [0.15, 0.2) is 47.0 Å². The first-order valence-electron chi connectivity index (χ1n) is 14.1. The number of aromatic nitrogens is 1. The number of aliphatic hydroxyl groups excluding tert-OH is 1. The Balaban J connectivity index is 1.60. The lowest BCUT2D eigenvalue weighted by Gasteiger charge is -2.38. The van der Waals surface area contributed by atoms with E-state index in [-0.39, 0.29) is 48.3 Å². The molecular weight excluding hydrogens is 597 g/mol. The number of carbonyl (C=O) groups is 3. The Morgan fingerprint density at radius 2 is 1.82 bits per heavy atom. The summed E-state index contributed by atoms with van der Waals surface area (Å²) in [5.74, 6) is -0.320. The number of benzene rings is 2. The number of ether oxygens (including phenoxy) is 1. The summed E-state index contributed by atoms with van der Waals surface area (Å²) in [6, 6.07) is 6.94. The second-order valence-corrected chi connectivity index (χ2v) is 11.0. The summed E-state index contributed by atoms with van der Waals surface area (Å²) in [5, 5.41) is 21.7. The quantitative estimate of drug-likeness (QED) is 0.275. The fraction of sp³-hybridized carbons (Fsp3) is 0.400. The maximum Gasteiger partial charge on any atom is 0.416 e. The van der Waals surface area contributed by atoms with E-state index in [1.807, 2.05) is 6.92 Å². The first kappa shape index (κ1) is 33.1. The third kappa shape index (κ3) is 7.66. The molecule has 1 aliphatic heterocycles. The van der Waals surface area contributed by atoms with Crippen LogP contribution in [0.25, 0.3) is 0 Å². The molecule has 45 heavy (non-hydrogen) atoms. The van der Waals surface area contributed by atoms with E-state index in [9.17, 15) is 32.7 Å². The molecule has 2 heterocycles. The molecule has 0 saturated heterocycles. The Morgan fingerprint density at radius 1 is 1.13 bits per heavy atom. The number of para-hydroxylation sites is 1. The number of nitrogens with zero attached hydrogens (tertiary/aromatic N) is 3. The van der Waals surface area contributed by atoms with Gasteiger partial charge in [-0.1, -0.05) is 18.1 Å². The molecule has 242 valence electrons. The fourth-order valence-corrected chi connectivity index (χ4v) is 4.80. The molecule has 4 rings (SSSR count). The van der Waals surface area contributed by atoms with Crippen molar-refractivity contribution in [2.75, 3.05) is 42.7 Å². The van der Waals surface area contributed by atoms with Crippen molar-refractivity contribution in [1.29, 1.82) is 0 Å². The van der Waals surface area contributed by atoms with Crippen LogP contribution in [-0.4, -0.2) is 76.9 Å². The van der Waals surface area contributed by atoms with Crippen molar-refractivity contribution in [1.82, 2.24) is 15.0 Å². The standard InChI is InChI=1S/C30H35F3N6O6/c1-16-13-39(17(2)15-40)27(41)22-7-6-8-23(35-28(42)36-25-18(3)37-45-19(25)4)26(22)44-24(16)14-38(5)29(43)34-21-11-9-20(10-12-21)30(31,32)33/h6-12,16-17,24,40H,13-15H2,1-5H3,(H,34,43)(H2,35,36,42)/t16-,17-,24-/m1/s1. The highest BCUT2D eigenvalue weighted by atomic mass is 19.4. The third-order valence-corrected chi connectivity index (χ3v) is 7.48.